The molecule has 0 aliphatic rings. The summed E-state index contributed by atoms with van der Waals surface area (Å²) in [4.78, 5) is 0. The van der Waals surface area contributed by atoms with Crippen molar-refractivity contribution >= 4 is 0 Å². The molecule has 0 atom stereocenters. The molecule has 0 saturated carbocycles. The van der Waals surface area contributed by atoms with Gasteiger partial charge in [-0.05, 0) is 62.9 Å². The molecule has 1 heteroatoms. The maximum Gasteiger partial charge on any atom is 0.118 e. The number of para-hydroxylation sites is 1. The Morgan fingerprint density at radius 3 is 1.25 bits per heavy atom. The second-order valence-electron chi connectivity index (χ2n) is 4.81. The van der Waals surface area contributed by atoms with Crippen molar-refractivity contribution in [2.75, 3.05) is 0 Å². The Bertz CT molecular complexity index is 483. The number of benzene rings is 2. The van der Waals surface area contributed by atoms with Gasteiger partial charge in [-0.3, -0.25) is 0 Å². The average molecular weight is 333 g/mol. The van der Waals surface area contributed by atoms with E-state index in [1.165, 1.54) is 22.3 Å². The Hall–Kier alpha value is -1.76. The van der Waals surface area contributed by atoms with Crippen molar-refractivity contribution in [3.63, 3.8) is 0 Å². The highest BCUT2D eigenvalue weighted by atomic mass is 16.3. The van der Waals surface area contributed by atoms with Gasteiger partial charge in [0.1, 0.15) is 5.75 Å². The lowest BCUT2D eigenvalue weighted by Crippen LogP contribution is -1.86. The molecule has 0 spiro atoms. The van der Waals surface area contributed by atoms with Gasteiger partial charge in [-0.15, -0.1) is 0 Å². The second kappa shape index (κ2) is 17.6. The van der Waals surface area contributed by atoms with E-state index in [9.17, 15) is 0 Å². The van der Waals surface area contributed by atoms with E-state index < -0.39 is 0 Å². The molecule has 1 N–H and O–H groups in total. The van der Waals surface area contributed by atoms with Crippen molar-refractivity contribution in [3.05, 3.63) is 64.2 Å². The number of aromatic hydroxyl groups is 1. The molecule has 0 saturated heterocycles. The van der Waals surface area contributed by atoms with E-state index in [1.54, 1.807) is 6.07 Å². The summed E-state index contributed by atoms with van der Waals surface area (Å²) in [5.41, 5.74) is 6.51. The van der Waals surface area contributed by atoms with Gasteiger partial charge in [0.25, 0.3) is 0 Å². The van der Waals surface area contributed by atoms with Gasteiger partial charge in [-0.2, -0.15) is 0 Å². The van der Waals surface area contributed by atoms with E-state index in [2.05, 4.69) is 39.8 Å². The number of rotatable bonds is 0. The smallest absolute Gasteiger partial charge is 0.118 e. The predicted molar refractivity (Wildman–Crippen MR) is 112 cm³/mol. The van der Waals surface area contributed by atoms with Crippen LogP contribution in [-0.4, -0.2) is 5.11 Å². The zero-order valence-corrected chi connectivity index (χ0v) is 17.9. The van der Waals surface area contributed by atoms with Gasteiger partial charge < -0.3 is 5.11 Å². The first-order valence-electron chi connectivity index (χ1n) is 9.21. The molecule has 2 aromatic carbocycles. The molecule has 1 nitrogen and oxygen atoms in total. The van der Waals surface area contributed by atoms with Crippen molar-refractivity contribution in [1.29, 1.82) is 0 Å². The summed E-state index contributed by atoms with van der Waals surface area (Å²) in [6, 6.07) is 11.7. The Labute approximate surface area is 151 Å². The molecule has 138 valence electrons. The fraction of sp³-hybridized carbons (Fsp3) is 0.478. The summed E-state index contributed by atoms with van der Waals surface area (Å²) in [7, 11) is 0. The Kier molecular flexibility index (Phi) is 19.9. The lowest BCUT2D eigenvalue weighted by molar-refractivity contribution is 0.471. The summed E-state index contributed by atoms with van der Waals surface area (Å²) in [6.07, 6.45) is 0. The fourth-order valence-corrected chi connectivity index (χ4v) is 1.82. The molecule has 0 aliphatic heterocycles. The van der Waals surface area contributed by atoms with Crippen LogP contribution in [-0.2, 0) is 0 Å². The van der Waals surface area contributed by atoms with Crippen LogP contribution in [0.1, 0.15) is 69.4 Å². The molecular weight excluding hydrogens is 292 g/mol. The quantitative estimate of drug-likeness (QED) is 0.524. The molecular formula is C23H40O. The third-order valence-electron chi connectivity index (χ3n) is 3.19. The normalized spacial score (nSPS) is 7.96. The van der Waals surface area contributed by atoms with Crippen LogP contribution in [0.15, 0.2) is 36.4 Å². The van der Waals surface area contributed by atoms with Gasteiger partial charge >= 0.3 is 0 Å². The molecule has 0 amide bonds. The van der Waals surface area contributed by atoms with Crippen LogP contribution in [0.3, 0.4) is 0 Å². The number of aryl methyl sites for hydroxylation is 4. The zero-order valence-electron chi connectivity index (χ0n) is 17.9. The third kappa shape index (κ3) is 11.8. The first kappa shape index (κ1) is 27.1. The van der Waals surface area contributed by atoms with Gasteiger partial charge in [0.05, 0.1) is 0 Å². The maximum absolute atomic E-state index is 8.92. The zero-order chi connectivity index (χ0) is 19.7. The number of phenols is 1. The van der Waals surface area contributed by atoms with E-state index >= 15 is 0 Å². The van der Waals surface area contributed by atoms with Crippen LogP contribution in [0, 0.1) is 34.6 Å². The average Bonchev–Trinajstić information content (AvgIpc) is 2.61. The highest BCUT2D eigenvalue weighted by Gasteiger charge is 1.96. The van der Waals surface area contributed by atoms with Crippen molar-refractivity contribution in [2.24, 2.45) is 0 Å². The molecule has 0 aliphatic carbocycles. The molecule has 0 fully saturated rings. The lowest BCUT2D eigenvalue weighted by atomic mass is 10.0. The largest absolute Gasteiger partial charge is 0.508 e. The van der Waals surface area contributed by atoms with E-state index in [4.69, 9.17) is 5.11 Å². The van der Waals surface area contributed by atoms with Crippen LogP contribution >= 0.6 is 0 Å². The molecule has 24 heavy (non-hydrogen) atoms. The minimum Gasteiger partial charge on any atom is -0.508 e. The van der Waals surface area contributed by atoms with Crippen LogP contribution in [0.5, 0.6) is 5.75 Å². The molecule has 0 radical (unpaired) electrons. The topological polar surface area (TPSA) is 20.2 Å². The first-order valence-corrected chi connectivity index (χ1v) is 9.21. The molecule has 0 unspecified atom stereocenters. The molecule has 2 aromatic rings. The van der Waals surface area contributed by atoms with Crippen molar-refractivity contribution in [1.82, 2.24) is 0 Å². The van der Waals surface area contributed by atoms with Crippen LogP contribution < -0.4 is 0 Å². The fourth-order valence-electron chi connectivity index (χ4n) is 1.82. The van der Waals surface area contributed by atoms with Crippen LogP contribution in [0.2, 0.25) is 0 Å². The predicted octanol–water partition coefficient (Wildman–Crippen LogP) is 7.70. The summed E-state index contributed by atoms with van der Waals surface area (Å²) < 4.78 is 0. The minimum atomic E-state index is 0.368. The maximum atomic E-state index is 8.92. The lowest BCUT2D eigenvalue weighted by Gasteiger charge is -2.04. The number of hydrogen-bond donors (Lipinski definition) is 1. The Morgan fingerprint density at radius 2 is 0.958 bits per heavy atom. The van der Waals surface area contributed by atoms with Crippen LogP contribution in [0.4, 0.5) is 0 Å². The molecule has 2 rings (SSSR count). The molecule has 0 heterocycles. The second-order valence-corrected chi connectivity index (χ2v) is 4.81. The van der Waals surface area contributed by atoms with Gasteiger partial charge in [0, 0.05) is 0 Å². The summed E-state index contributed by atoms with van der Waals surface area (Å²) >= 11 is 0. The third-order valence-corrected chi connectivity index (χ3v) is 3.19. The monoisotopic (exact) mass is 332 g/mol. The molecule has 0 aromatic heterocycles. The van der Waals surface area contributed by atoms with Gasteiger partial charge in [-0.1, -0.05) is 77.4 Å². The highest BCUT2D eigenvalue weighted by Crippen LogP contribution is 2.14. The van der Waals surface area contributed by atoms with Crippen molar-refractivity contribution in [3.8, 4) is 5.75 Å². The Balaban J connectivity index is -0.000000284. The van der Waals surface area contributed by atoms with Gasteiger partial charge in [0.2, 0.25) is 0 Å². The summed E-state index contributed by atoms with van der Waals surface area (Å²) in [6.45, 7) is 22.5. The Morgan fingerprint density at radius 1 is 0.583 bits per heavy atom. The first-order chi connectivity index (χ1) is 11.4. The minimum absolute atomic E-state index is 0.368. The number of phenolic OH excluding ortho intramolecular Hbond substituents is 1. The standard InChI is InChI=1S/C10H14.C7H8O.3C2H6/c1-7-5-8(2)10(4)9(3)6-7;1-6-4-2-3-5-7(6)8;3*1-2/h5-6H,1-4H3;2-5,8H,1H3;3*1-2H3. The SMILES string of the molecule is CC.CC.CC.Cc1cc(C)c(C)c(C)c1.Cc1ccccc1O. The van der Waals surface area contributed by atoms with Gasteiger partial charge in [0.15, 0.2) is 0 Å². The summed E-state index contributed by atoms with van der Waals surface area (Å²) in [5, 5.41) is 8.92. The van der Waals surface area contributed by atoms with E-state index in [0.717, 1.165) is 5.56 Å². The summed E-state index contributed by atoms with van der Waals surface area (Å²) in [5.74, 6) is 0.368. The van der Waals surface area contributed by atoms with Crippen molar-refractivity contribution in [2.45, 2.75) is 76.2 Å². The van der Waals surface area contributed by atoms with Crippen molar-refractivity contribution < 1.29 is 5.11 Å². The number of hydrogen-bond acceptors (Lipinski definition) is 1. The van der Waals surface area contributed by atoms with Gasteiger partial charge in [-0.25, -0.2) is 0 Å². The van der Waals surface area contributed by atoms with E-state index in [-0.39, 0.29) is 0 Å². The highest BCUT2D eigenvalue weighted by molar-refractivity contribution is 5.36. The van der Waals surface area contributed by atoms with E-state index in [0.29, 0.717) is 5.75 Å². The van der Waals surface area contributed by atoms with Crippen LogP contribution in [0.25, 0.3) is 0 Å². The molecule has 0 bridgehead atoms. The van der Waals surface area contributed by atoms with E-state index in [1.807, 2.05) is 66.7 Å².